The van der Waals surface area contributed by atoms with Crippen LogP contribution in [0, 0.1) is 5.82 Å². The highest BCUT2D eigenvalue weighted by molar-refractivity contribution is 6.30. The van der Waals surface area contributed by atoms with Crippen molar-refractivity contribution >= 4 is 23.2 Å². The van der Waals surface area contributed by atoms with Crippen molar-refractivity contribution in [1.82, 2.24) is 19.2 Å². The summed E-state index contributed by atoms with van der Waals surface area (Å²) in [4.78, 5) is 22.7. The number of carbonyl (C=O) groups excluding carboxylic acids is 1. The molecule has 4 aromatic rings. The predicted octanol–water partition coefficient (Wildman–Crippen LogP) is 5.29. The molecule has 7 rings (SSSR count). The highest BCUT2D eigenvalue weighted by atomic mass is 35.5. The van der Waals surface area contributed by atoms with Crippen LogP contribution in [-0.4, -0.2) is 57.4 Å². The molecule has 3 fully saturated rings. The van der Waals surface area contributed by atoms with Gasteiger partial charge in [-0.3, -0.25) is 9.69 Å². The minimum atomic E-state index is -0.440. The number of amides is 1. The lowest BCUT2D eigenvalue weighted by Crippen LogP contribution is -2.63. The molecule has 1 amide bonds. The Morgan fingerprint density at radius 3 is 2.64 bits per heavy atom. The van der Waals surface area contributed by atoms with Crippen molar-refractivity contribution in [3.8, 4) is 17.0 Å². The van der Waals surface area contributed by atoms with Gasteiger partial charge < -0.3 is 14.0 Å². The summed E-state index contributed by atoms with van der Waals surface area (Å²) in [6.07, 6.45) is 3.99. The minimum Gasteiger partial charge on any atom is -0.496 e. The van der Waals surface area contributed by atoms with Gasteiger partial charge in [0.25, 0.3) is 5.91 Å². The van der Waals surface area contributed by atoms with Crippen LogP contribution in [0.2, 0.25) is 5.02 Å². The Hall–Kier alpha value is -3.42. The largest absolute Gasteiger partial charge is 0.496 e. The van der Waals surface area contributed by atoms with E-state index in [0.717, 1.165) is 48.5 Å². The second-order valence-electron chi connectivity index (χ2n) is 9.46. The number of aromatic nitrogens is 2. The summed E-state index contributed by atoms with van der Waals surface area (Å²) < 4.78 is 21.4. The van der Waals surface area contributed by atoms with E-state index in [-0.39, 0.29) is 23.6 Å². The van der Waals surface area contributed by atoms with Crippen LogP contribution in [0.1, 0.15) is 28.9 Å². The Kier molecular flexibility index (Phi) is 5.90. The number of imidazole rings is 1. The number of fused-ring (bicyclic) bond motifs is 4. The summed E-state index contributed by atoms with van der Waals surface area (Å²) in [7, 11) is 1.50. The van der Waals surface area contributed by atoms with Crippen LogP contribution in [0.25, 0.3) is 16.9 Å². The zero-order chi connectivity index (χ0) is 24.8. The smallest absolute Gasteiger partial charge is 0.258 e. The van der Waals surface area contributed by atoms with Crippen LogP contribution < -0.4 is 4.74 Å². The summed E-state index contributed by atoms with van der Waals surface area (Å²) in [5.41, 5.74) is 4.26. The van der Waals surface area contributed by atoms with Crippen LogP contribution in [0.3, 0.4) is 0 Å². The fourth-order valence-electron chi connectivity index (χ4n) is 5.59. The van der Waals surface area contributed by atoms with Crippen molar-refractivity contribution in [1.29, 1.82) is 0 Å². The van der Waals surface area contributed by atoms with Crippen LogP contribution in [0.5, 0.6) is 5.75 Å². The molecular formula is C28H26ClFN4O2. The topological polar surface area (TPSA) is 50.1 Å². The third kappa shape index (κ3) is 4.02. The number of halogens is 2. The number of rotatable bonds is 5. The molecule has 0 spiro atoms. The zero-order valence-electron chi connectivity index (χ0n) is 19.9. The Balaban J connectivity index is 1.28. The number of ether oxygens (including phenoxy) is 1. The monoisotopic (exact) mass is 504 g/mol. The van der Waals surface area contributed by atoms with E-state index in [1.54, 1.807) is 0 Å². The molecule has 0 radical (unpaired) electrons. The minimum absolute atomic E-state index is 0.0636. The number of carbonyl (C=O) groups is 1. The third-order valence-electron chi connectivity index (χ3n) is 7.40. The maximum absolute atomic E-state index is 14.0. The lowest BCUT2D eigenvalue weighted by atomic mass is 9.89. The number of benzene rings is 2. The summed E-state index contributed by atoms with van der Waals surface area (Å²) in [5.74, 6) is -0.208. The number of hydrogen-bond acceptors (Lipinski definition) is 4. The summed E-state index contributed by atoms with van der Waals surface area (Å²) in [6.45, 7) is 2.08. The van der Waals surface area contributed by atoms with Gasteiger partial charge in [-0.1, -0.05) is 29.8 Å². The van der Waals surface area contributed by atoms with Crippen molar-refractivity contribution < 1.29 is 13.9 Å². The Morgan fingerprint density at radius 2 is 1.89 bits per heavy atom. The molecule has 2 aromatic heterocycles. The molecule has 184 valence electrons. The van der Waals surface area contributed by atoms with Crippen molar-refractivity contribution in [2.75, 3.05) is 20.2 Å². The molecule has 2 atom stereocenters. The molecule has 6 nitrogen and oxygen atoms in total. The van der Waals surface area contributed by atoms with E-state index < -0.39 is 5.82 Å². The van der Waals surface area contributed by atoms with Gasteiger partial charge in [0.15, 0.2) is 0 Å². The van der Waals surface area contributed by atoms with Gasteiger partial charge in [-0.2, -0.15) is 0 Å². The highest BCUT2D eigenvalue weighted by Crippen LogP contribution is 2.34. The van der Waals surface area contributed by atoms with Crippen LogP contribution in [0.15, 0.2) is 66.9 Å². The molecule has 3 aliphatic rings. The molecule has 2 unspecified atom stereocenters. The number of methoxy groups -OCH3 is 1. The van der Waals surface area contributed by atoms with E-state index in [0.29, 0.717) is 17.3 Å². The van der Waals surface area contributed by atoms with Crippen molar-refractivity contribution in [2.24, 2.45) is 0 Å². The number of pyridine rings is 1. The zero-order valence-corrected chi connectivity index (χ0v) is 20.7. The second-order valence-corrected chi connectivity index (χ2v) is 9.90. The molecule has 2 bridgehead atoms. The number of piperidine rings is 2. The molecule has 2 aromatic carbocycles. The van der Waals surface area contributed by atoms with Gasteiger partial charge in [0.2, 0.25) is 0 Å². The molecule has 0 aliphatic carbocycles. The molecule has 0 saturated carbocycles. The Morgan fingerprint density at radius 1 is 1.08 bits per heavy atom. The highest BCUT2D eigenvalue weighted by Gasteiger charge is 2.42. The van der Waals surface area contributed by atoms with E-state index in [4.69, 9.17) is 21.3 Å². The van der Waals surface area contributed by atoms with Crippen molar-refractivity contribution in [3.05, 3.63) is 89.0 Å². The molecule has 5 heterocycles. The van der Waals surface area contributed by atoms with Gasteiger partial charge in [0.1, 0.15) is 17.2 Å². The summed E-state index contributed by atoms with van der Waals surface area (Å²) in [5, 5.41) is 0.692. The first kappa shape index (κ1) is 23.0. The van der Waals surface area contributed by atoms with Gasteiger partial charge >= 0.3 is 0 Å². The average molecular weight is 505 g/mol. The van der Waals surface area contributed by atoms with Gasteiger partial charge in [0, 0.05) is 48.5 Å². The Labute approximate surface area is 213 Å². The number of piperazine rings is 1. The number of nitrogens with zero attached hydrogens (tertiary/aromatic N) is 4. The summed E-state index contributed by atoms with van der Waals surface area (Å²) >= 11 is 6.13. The Bertz CT molecular complexity index is 1440. The van der Waals surface area contributed by atoms with Gasteiger partial charge in [-0.15, -0.1) is 0 Å². The standard InChI is InChI=1S/C28H26ClFN4O2/c1-36-25-12-9-20(30)14-23(25)28(35)34-16-21-10-11-22(34)15-32(21)17-24-27(18-5-7-19(29)8-6-18)31-26-4-2-3-13-33(24)26/h2-9,12-14,21-22H,10-11,15-17H2,1H3. The van der Waals surface area contributed by atoms with E-state index in [1.165, 1.54) is 25.3 Å². The fourth-order valence-corrected chi connectivity index (χ4v) is 5.72. The molecule has 0 N–H and O–H groups in total. The van der Waals surface area contributed by atoms with E-state index in [1.807, 2.05) is 53.6 Å². The number of hydrogen-bond donors (Lipinski definition) is 0. The molecule has 8 heteroatoms. The van der Waals surface area contributed by atoms with Crippen LogP contribution >= 0.6 is 11.6 Å². The van der Waals surface area contributed by atoms with E-state index in [2.05, 4.69) is 9.30 Å². The molecular weight excluding hydrogens is 479 g/mol. The van der Waals surface area contributed by atoms with Crippen LogP contribution in [-0.2, 0) is 6.54 Å². The lowest BCUT2D eigenvalue weighted by molar-refractivity contribution is -0.0160. The maximum Gasteiger partial charge on any atom is 0.258 e. The molecule has 3 aliphatic heterocycles. The third-order valence-corrected chi connectivity index (χ3v) is 7.65. The fraction of sp³-hybridized carbons (Fsp3) is 0.286. The first-order chi connectivity index (χ1) is 17.5. The average Bonchev–Trinajstić information content (AvgIpc) is 3.27. The van der Waals surface area contributed by atoms with Crippen molar-refractivity contribution in [3.63, 3.8) is 0 Å². The van der Waals surface area contributed by atoms with E-state index in [9.17, 15) is 9.18 Å². The SMILES string of the molecule is COc1ccc(F)cc1C(=O)N1CC2CCC1CN2Cc1c(-c2ccc(Cl)cc2)nc2ccccn12. The van der Waals surface area contributed by atoms with Gasteiger partial charge in [0.05, 0.1) is 24.1 Å². The maximum atomic E-state index is 14.0. The van der Waals surface area contributed by atoms with Crippen LogP contribution in [0.4, 0.5) is 4.39 Å². The quantitative estimate of drug-likeness (QED) is 0.370. The van der Waals surface area contributed by atoms with Gasteiger partial charge in [-0.25, -0.2) is 9.37 Å². The first-order valence-corrected chi connectivity index (χ1v) is 12.5. The molecule has 3 saturated heterocycles. The van der Waals surface area contributed by atoms with Crippen molar-refractivity contribution in [2.45, 2.75) is 31.5 Å². The normalized spacial score (nSPS) is 19.7. The molecule has 36 heavy (non-hydrogen) atoms. The van der Waals surface area contributed by atoms with Gasteiger partial charge in [-0.05, 0) is 55.3 Å². The summed E-state index contributed by atoms with van der Waals surface area (Å²) in [6, 6.07) is 18.2. The second kappa shape index (κ2) is 9.22. The lowest BCUT2D eigenvalue weighted by Gasteiger charge is -2.51. The van der Waals surface area contributed by atoms with E-state index >= 15 is 0 Å². The first-order valence-electron chi connectivity index (χ1n) is 12.1. The predicted molar refractivity (Wildman–Crippen MR) is 137 cm³/mol.